The third kappa shape index (κ3) is 2.59. The van der Waals surface area contributed by atoms with E-state index in [0.29, 0.717) is 0 Å². The van der Waals surface area contributed by atoms with Crippen LogP contribution in [0.4, 0.5) is 0 Å². The Hall–Kier alpha value is 0.310. The first-order chi connectivity index (χ1) is 4.29. The van der Waals surface area contributed by atoms with Crippen molar-refractivity contribution in [1.82, 2.24) is 4.90 Å². The van der Waals surface area contributed by atoms with Crippen molar-refractivity contribution in [1.29, 1.82) is 0 Å². The second-order valence-electron chi connectivity index (χ2n) is 2.83. The Labute approximate surface area is 61.8 Å². The summed E-state index contributed by atoms with van der Waals surface area (Å²) in [6.07, 6.45) is 2.78. The lowest BCUT2D eigenvalue weighted by molar-refractivity contribution is 0.389. The van der Waals surface area contributed by atoms with Crippen molar-refractivity contribution >= 4 is 11.8 Å². The Balaban J connectivity index is 2.25. The van der Waals surface area contributed by atoms with Gasteiger partial charge in [0, 0.05) is 11.1 Å². The molecule has 0 spiro atoms. The highest BCUT2D eigenvalue weighted by Gasteiger charge is 2.09. The summed E-state index contributed by atoms with van der Waals surface area (Å²) in [6, 6.07) is 0. The molecular weight excluding hydrogens is 130 g/mol. The highest BCUT2D eigenvalue weighted by atomic mass is 32.2. The van der Waals surface area contributed by atoms with E-state index in [1.165, 1.54) is 25.3 Å². The normalized spacial score (nSPS) is 32.0. The summed E-state index contributed by atoms with van der Waals surface area (Å²) >= 11 is 2.07. The number of thioether (sulfide) groups is 1. The van der Waals surface area contributed by atoms with Crippen LogP contribution in [0.3, 0.4) is 0 Å². The monoisotopic (exact) mass is 145 g/mol. The molecule has 1 atom stereocenters. The van der Waals surface area contributed by atoms with Crippen LogP contribution >= 0.6 is 11.8 Å². The van der Waals surface area contributed by atoms with Crippen LogP contribution in [0.15, 0.2) is 0 Å². The Morgan fingerprint density at radius 3 is 3.11 bits per heavy atom. The van der Waals surface area contributed by atoms with E-state index in [2.05, 4.69) is 30.6 Å². The van der Waals surface area contributed by atoms with Gasteiger partial charge in [-0.3, -0.25) is 4.90 Å². The van der Waals surface area contributed by atoms with Crippen LogP contribution in [0.2, 0.25) is 0 Å². The first kappa shape index (κ1) is 7.42. The smallest absolute Gasteiger partial charge is 0.0443 e. The maximum atomic E-state index is 2.40. The van der Waals surface area contributed by atoms with E-state index in [-0.39, 0.29) is 0 Å². The summed E-state index contributed by atoms with van der Waals surface area (Å²) in [6.45, 7) is 3.61. The summed E-state index contributed by atoms with van der Waals surface area (Å²) in [7, 11) is 2.20. The van der Waals surface area contributed by atoms with Crippen LogP contribution in [0.5, 0.6) is 0 Å². The zero-order valence-electron chi connectivity index (χ0n) is 6.26. The van der Waals surface area contributed by atoms with Crippen LogP contribution < -0.4 is 0 Å². The number of hydrogen-bond donors (Lipinski definition) is 0. The quantitative estimate of drug-likeness (QED) is 0.511. The fourth-order valence-electron chi connectivity index (χ4n) is 1.05. The minimum atomic E-state index is 0.884. The Morgan fingerprint density at radius 2 is 2.33 bits per heavy atom. The van der Waals surface area contributed by atoms with E-state index < -0.39 is 0 Å². The third-order valence-electron chi connectivity index (χ3n) is 1.73. The average Bonchev–Trinajstić information content (AvgIpc) is 1.97. The minimum Gasteiger partial charge on any atom is -0.297 e. The molecule has 1 rings (SSSR count). The standard InChI is InChI=1S/C7H15NS/c1-7-4-3-5-8(2)6-9-7/h7H,3-6H2,1-2H3/t7-/m1/s1. The van der Waals surface area contributed by atoms with Gasteiger partial charge in [0.1, 0.15) is 0 Å². The molecule has 0 aromatic carbocycles. The van der Waals surface area contributed by atoms with Gasteiger partial charge in [-0.25, -0.2) is 0 Å². The van der Waals surface area contributed by atoms with E-state index in [4.69, 9.17) is 0 Å². The lowest BCUT2D eigenvalue weighted by Gasteiger charge is -2.10. The van der Waals surface area contributed by atoms with Crippen molar-refractivity contribution in [3.05, 3.63) is 0 Å². The van der Waals surface area contributed by atoms with Crippen LogP contribution in [0, 0.1) is 0 Å². The van der Waals surface area contributed by atoms with Gasteiger partial charge >= 0.3 is 0 Å². The van der Waals surface area contributed by atoms with Gasteiger partial charge in [-0.1, -0.05) is 6.92 Å². The second kappa shape index (κ2) is 3.47. The molecule has 1 aliphatic rings. The summed E-state index contributed by atoms with van der Waals surface area (Å²) in [5, 5.41) is 0.884. The molecule has 0 amide bonds. The van der Waals surface area contributed by atoms with Gasteiger partial charge in [-0.2, -0.15) is 0 Å². The Morgan fingerprint density at radius 1 is 1.56 bits per heavy atom. The molecule has 1 nitrogen and oxygen atoms in total. The molecule has 0 aromatic heterocycles. The van der Waals surface area contributed by atoms with Gasteiger partial charge < -0.3 is 0 Å². The van der Waals surface area contributed by atoms with Gasteiger partial charge in [-0.05, 0) is 26.4 Å². The fraction of sp³-hybridized carbons (Fsp3) is 1.00. The molecule has 9 heavy (non-hydrogen) atoms. The highest BCUT2D eigenvalue weighted by Crippen LogP contribution is 2.20. The van der Waals surface area contributed by atoms with E-state index in [1.807, 2.05) is 0 Å². The minimum absolute atomic E-state index is 0.884. The number of rotatable bonds is 0. The third-order valence-corrected chi connectivity index (χ3v) is 3.12. The maximum Gasteiger partial charge on any atom is 0.0443 e. The van der Waals surface area contributed by atoms with Gasteiger partial charge in [-0.15, -0.1) is 11.8 Å². The summed E-state index contributed by atoms with van der Waals surface area (Å²) in [5.41, 5.74) is 0. The maximum absolute atomic E-state index is 2.40. The molecule has 1 heterocycles. The van der Waals surface area contributed by atoms with Crippen molar-refractivity contribution in [2.45, 2.75) is 25.0 Å². The zero-order valence-corrected chi connectivity index (χ0v) is 7.08. The number of hydrogen-bond acceptors (Lipinski definition) is 2. The first-order valence-electron chi connectivity index (χ1n) is 3.59. The molecule has 0 bridgehead atoms. The highest BCUT2D eigenvalue weighted by molar-refractivity contribution is 7.99. The van der Waals surface area contributed by atoms with Crippen LogP contribution in [0.1, 0.15) is 19.8 Å². The largest absolute Gasteiger partial charge is 0.297 e. The van der Waals surface area contributed by atoms with Gasteiger partial charge in [0.2, 0.25) is 0 Å². The first-order valence-corrected chi connectivity index (χ1v) is 4.64. The molecule has 2 heteroatoms. The van der Waals surface area contributed by atoms with Crippen LogP contribution in [-0.2, 0) is 0 Å². The molecule has 1 saturated heterocycles. The predicted octanol–water partition coefficient (Wildman–Crippen LogP) is 1.79. The van der Waals surface area contributed by atoms with E-state index in [9.17, 15) is 0 Å². The summed E-state index contributed by atoms with van der Waals surface area (Å²) < 4.78 is 0. The molecule has 0 unspecified atom stereocenters. The van der Waals surface area contributed by atoms with Crippen LogP contribution in [-0.4, -0.2) is 29.6 Å². The lowest BCUT2D eigenvalue weighted by atomic mass is 10.2. The summed E-state index contributed by atoms with van der Waals surface area (Å²) in [5.74, 6) is 1.22. The van der Waals surface area contributed by atoms with Crippen LogP contribution in [0.25, 0.3) is 0 Å². The average molecular weight is 145 g/mol. The predicted molar refractivity (Wildman–Crippen MR) is 43.8 cm³/mol. The van der Waals surface area contributed by atoms with E-state index in [1.54, 1.807) is 0 Å². The fourth-order valence-corrected chi connectivity index (χ4v) is 2.02. The molecular formula is C7H15NS. The molecule has 0 saturated carbocycles. The van der Waals surface area contributed by atoms with Crippen molar-refractivity contribution in [2.24, 2.45) is 0 Å². The van der Waals surface area contributed by atoms with Crippen molar-refractivity contribution in [3.63, 3.8) is 0 Å². The molecule has 0 N–H and O–H groups in total. The summed E-state index contributed by atoms with van der Waals surface area (Å²) in [4.78, 5) is 2.40. The Kier molecular flexibility index (Phi) is 2.86. The van der Waals surface area contributed by atoms with E-state index >= 15 is 0 Å². The molecule has 0 aliphatic carbocycles. The van der Waals surface area contributed by atoms with Crippen molar-refractivity contribution in [2.75, 3.05) is 19.5 Å². The Bertz CT molecular complexity index is 75.0. The zero-order chi connectivity index (χ0) is 6.69. The molecule has 1 fully saturated rings. The van der Waals surface area contributed by atoms with Gasteiger partial charge in [0.05, 0.1) is 0 Å². The molecule has 0 aromatic rings. The van der Waals surface area contributed by atoms with Crippen molar-refractivity contribution < 1.29 is 0 Å². The van der Waals surface area contributed by atoms with E-state index in [0.717, 1.165) is 5.25 Å². The molecule has 54 valence electrons. The van der Waals surface area contributed by atoms with Gasteiger partial charge in [0.25, 0.3) is 0 Å². The number of nitrogens with zero attached hydrogens (tertiary/aromatic N) is 1. The SMILES string of the molecule is C[C@@H]1CCCN(C)CS1. The van der Waals surface area contributed by atoms with Crippen molar-refractivity contribution in [3.8, 4) is 0 Å². The molecule has 0 radical (unpaired) electrons. The lowest BCUT2D eigenvalue weighted by Crippen LogP contribution is -2.16. The second-order valence-corrected chi connectivity index (χ2v) is 4.22. The van der Waals surface area contributed by atoms with Gasteiger partial charge in [0.15, 0.2) is 0 Å². The molecule has 1 aliphatic heterocycles. The topological polar surface area (TPSA) is 3.24 Å².